The molecule has 0 unspecified atom stereocenters. The number of carbonyl (C=O) groups is 1. The molecule has 1 aromatic carbocycles. The van der Waals surface area contributed by atoms with Gasteiger partial charge in [-0.2, -0.15) is 0 Å². The smallest absolute Gasteiger partial charge is 0.147 e. The van der Waals surface area contributed by atoms with E-state index in [1.165, 1.54) is 0 Å². The van der Waals surface area contributed by atoms with Crippen molar-refractivity contribution >= 4 is 34.3 Å². The lowest BCUT2D eigenvalue weighted by molar-refractivity contribution is -0.115. The van der Waals surface area contributed by atoms with Crippen molar-refractivity contribution in [3.8, 4) is 0 Å². The maximum absolute atomic E-state index is 11.2. The summed E-state index contributed by atoms with van der Waals surface area (Å²) >= 11 is 7.46. The van der Waals surface area contributed by atoms with Crippen molar-refractivity contribution in [2.45, 2.75) is 18.2 Å². The van der Waals surface area contributed by atoms with Crippen LogP contribution in [-0.4, -0.2) is 11.1 Å². The molecule has 0 saturated carbocycles. The third-order valence-corrected chi connectivity index (χ3v) is 2.95. The summed E-state index contributed by atoms with van der Waals surface area (Å²) in [6.45, 7) is 2.00. The molecule has 0 aromatic heterocycles. The van der Waals surface area contributed by atoms with Crippen LogP contribution in [0.4, 0.5) is 0 Å². The maximum Gasteiger partial charge on any atom is 0.147 e. The maximum atomic E-state index is 11.2. The van der Waals surface area contributed by atoms with Gasteiger partial charge >= 0.3 is 0 Å². The first-order valence-corrected chi connectivity index (χ1v) is 5.57. The Morgan fingerprint density at radius 1 is 1.54 bits per heavy atom. The average molecular weight is 259 g/mol. The number of ketones is 1. The van der Waals surface area contributed by atoms with Crippen molar-refractivity contribution < 1.29 is 4.79 Å². The first-order chi connectivity index (χ1) is 6.15. The van der Waals surface area contributed by atoms with E-state index in [9.17, 15) is 4.79 Å². The molecule has 70 valence electrons. The van der Waals surface area contributed by atoms with Gasteiger partial charge in [-0.3, -0.25) is 4.79 Å². The van der Waals surface area contributed by atoms with E-state index in [1.807, 2.05) is 25.1 Å². The summed E-state index contributed by atoms with van der Waals surface area (Å²) in [4.78, 5) is 12.1. The number of benzene rings is 1. The lowest BCUT2D eigenvalue weighted by Gasteiger charge is -2.06. The number of thiol groups is 1. The number of hydrogen-bond donors (Lipinski definition) is 1. The highest BCUT2D eigenvalue weighted by molar-refractivity contribution is 9.09. The second-order valence-corrected chi connectivity index (χ2v) is 3.96. The molecule has 0 heterocycles. The van der Waals surface area contributed by atoms with Crippen molar-refractivity contribution in [1.29, 1.82) is 0 Å². The van der Waals surface area contributed by atoms with Crippen LogP contribution in [0.3, 0.4) is 0 Å². The van der Waals surface area contributed by atoms with E-state index >= 15 is 0 Å². The predicted octanol–water partition coefficient (Wildman–Crippen LogP) is 2.79. The number of halogens is 1. The van der Waals surface area contributed by atoms with E-state index in [1.54, 1.807) is 0 Å². The van der Waals surface area contributed by atoms with E-state index in [2.05, 4.69) is 28.6 Å². The summed E-state index contributed by atoms with van der Waals surface area (Å²) in [5.74, 6) is 0.185. The zero-order chi connectivity index (χ0) is 9.84. The fourth-order valence-corrected chi connectivity index (χ4v) is 1.70. The number of hydrogen-bond acceptors (Lipinski definition) is 2. The molecule has 0 spiro atoms. The lowest BCUT2D eigenvalue weighted by Crippen LogP contribution is -2.05. The van der Waals surface area contributed by atoms with E-state index in [0.717, 1.165) is 16.0 Å². The fraction of sp³-hybridized carbons (Fsp3) is 0.300. The Balaban J connectivity index is 2.93. The van der Waals surface area contributed by atoms with Gasteiger partial charge in [-0.05, 0) is 24.1 Å². The van der Waals surface area contributed by atoms with Gasteiger partial charge in [0.25, 0.3) is 0 Å². The molecule has 13 heavy (non-hydrogen) atoms. The van der Waals surface area contributed by atoms with E-state index in [-0.39, 0.29) is 5.78 Å². The van der Waals surface area contributed by atoms with Gasteiger partial charge in [0.05, 0.1) is 5.33 Å². The first-order valence-electron chi connectivity index (χ1n) is 4.00. The number of Topliss-reactive ketones (excluding diaryl/α,β-unsaturated/α-hetero) is 1. The Kier molecular flexibility index (Phi) is 4.00. The molecular weight excluding hydrogens is 248 g/mol. The van der Waals surface area contributed by atoms with Crippen molar-refractivity contribution in [2.24, 2.45) is 0 Å². The molecule has 0 bridgehead atoms. The molecule has 0 aliphatic carbocycles. The minimum Gasteiger partial charge on any atom is -0.298 e. The SMILES string of the molecule is Cc1cccc(S)c1CC(=O)CBr. The van der Waals surface area contributed by atoms with Crippen molar-refractivity contribution in [1.82, 2.24) is 0 Å². The molecule has 0 saturated heterocycles. The molecule has 1 nitrogen and oxygen atoms in total. The Labute approximate surface area is 92.1 Å². The van der Waals surface area contributed by atoms with Gasteiger partial charge in [0.1, 0.15) is 5.78 Å². The third kappa shape index (κ3) is 2.85. The van der Waals surface area contributed by atoms with E-state index in [4.69, 9.17) is 0 Å². The quantitative estimate of drug-likeness (QED) is 0.652. The minimum atomic E-state index is 0.185. The van der Waals surface area contributed by atoms with Crippen molar-refractivity contribution in [2.75, 3.05) is 5.33 Å². The summed E-state index contributed by atoms with van der Waals surface area (Å²) in [6.07, 6.45) is 0.469. The standard InChI is InChI=1S/C10H11BrOS/c1-7-3-2-4-10(13)9(7)5-8(12)6-11/h2-4,13H,5-6H2,1H3. The molecule has 0 fully saturated rings. The van der Waals surface area contributed by atoms with Crippen LogP contribution in [0.5, 0.6) is 0 Å². The molecule has 0 N–H and O–H groups in total. The van der Waals surface area contributed by atoms with Crippen LogP contribution in [0.1, 0.15) is 11.1 Å². The number of alkyl halides is 1. The van der Waals surface area contributed by atoms with E-state index < -0.39 is 0 Å². The molecular formula is C10H11BrOS. The Bertz CT molecular complexity index is 302. The van der Waals surface area contributed by atoms with Gasteiger partial charge in [0.2, 0.25) is 0 Å². The summed E-state index contributed by atoms with van der Waals surface area (Å²) < 4.78 is 0. The predicted molar refractivity (Wildman–Crippen MR) is 60.9 cm³/mol. The highest BCUT2D eigenvalue weighted by atomic mass is 79.9. The molecule has 0 aliphatic rings. The van der Waals surface area contributed by atoms with Gasteiger partial charge in [-0.25, -0.2) is 0 Å². The molecule has 0 radical (unpaired) electrons. The van der Waals surface area contributed by atoms with Crippen LogP contribution >= 0.6 is 28.6 Å². The summed E-state index contributed by atoms with van der Waals surface area (Å²) in [5.41, 5.74) is 2.16. The van der Waals surface area contributed by atoms with Gasteiger partial charge in [0.15, 0.2) is 0 Å². The largest absolute Gasteiger partial charge is 0.298 e. The minimum absolute atomic E-state index is 0.185. The topological polar surface area (TPSA) is 17.1 Å². The Hall–Kier alpha value is -0.280. The van der Waals surface area contributed by atoms with Crippen LogP contribution in [-0.2, 0) is 11.2 Å². The van der Waals surface area contributed by atoms with Crippen molar-refractivity contribution in [3.63, 3.8) is 0 Å². The molecule has 1 rings (SSSR count). The zero-order valence-corrected chi connectivity index (χ0v) is 9.86. The van der Waals surface area contributed by atoms with Crippen LogP contribution < -0.4 is 0 Å². The van der Waals surface area contributed by atoms with Crippen LogP contribution in [0.25, 0.3) is 0 Å². The summed E-state index contributed by atoms with van der Waals surface area (Å²) in [7, 11) is 0. The monoisotopic (exact) mass is 258 g/mol. The van der Waals surface area contributed by atoms with Gasteiger partial charge in [-0.15, -0.1) is 12.6 Å². The molecule has 0 amide bonds. The van der Waals surface area contributed by atoms with Gasteiger partial charge in [-0.1, -0.05) is 28.1 Å². The third-order valence-electron chi connectivity index (χ3n) is 1.91. The number of rotatable bonds is 3. The molecule has 3 heteroatoms. The normalized spacial score (nSPS) is 10.1. The highest BCUT2D eigenvalue weighted by Gasteiger charge is 2.07. The number of carbonyl (C=O) groups excluding carboxylic acids is 1. The Morgan fingerprint density at radius 3 is 2.77 bits per heavy atom. The Morgan fingerprint density at radius 2 is 2.23 bits per heavy atom. The fourth-order valence-electron chi connectivity index (χ4n) is 1.16. The lowest BCUT2D eigenvalue weighted by atomic mass is 10.0. The van der Waals surface area contributed by atoms with Crippen LogP contribution in [0.15, 0.2) is 23.1 Å². The highest BCUT2D eigenvalue weighted by Crippen LogP contribution is 2.18. The second kappa shape index (κ2) is 4.82. The summed E-state index contributed by atoms with van der Waals surface area (Å²) in [6, 6.07) is 5.85. The van der Waals surface area contributed by atoms with Gasteiger partial charge in [0, 0.05) is 11.3 Å². The molecule has 0 atom stereocenters. The van der Waals surface area contributed by atoms with Crippen LogP contribution in [0.2, 0.25) is 0 Å². The van der Waals surface area contributed by atoms with Crippen LogP contribution in [0, 0.1) is 6.92 Å². The average Bonchev–Trinajstić information content (AvgIpc) is 2.11. The molecule has 0 aliphatic heterocycles. The number of aryl methyl sites for hydroxylation is 1. The first kappa shape index (κ1) is 10.8. The zero-order valence-electron chi connectivity index (χ0n) is 7.38. The van der Waals surface area contributed by atoms with Gasteiger partial charge < -0.3 is 0 Å². The van der Waals surface area contributed by atoms with Crippen molar-refractivity contribution in [3.05, 3.63) is 29.3 Å². The molecule has 1 aromatic rings. The van der Waals surface area contributed by atoms with E-state index in [0.29, 0.717) is 11.8 Å². The second-order valence-electron chi connectivity index (χ2n) is 2.92. The summed E-state index contributed by atoms with van der Waals surface area (Å²) in [5, 5.41) is 0.411.